The van der Waals surface area contributed by atoms with E-state index in [2.05, 4.69) is 6.58 Å². The fraction of sp³-hybridized carbons (Fsp3) is 0.895. The predicted molar refractivity (Wildman–Crippen MR) is 89.9 cm³/mol. The number of aliphatic hydroxyl groups excluding tert-OH is 1. The minimum atomic E-state index is -0.726. The van der Waals surface area contributed by atoms with Crippen LogP contribution in [0.15, 0.2) is 12.7 Å². The van der Waals surface area contributed by atoms with E-state index in [4.69, 9.17) is 23.7 Å². The van der Waals surface area contributed by atoms with Gasteiger partial charge in [0.05, 0.1) is 12.7 Å². The van der Waals surface area contributed by atoms with Gasteiger partial charge in [-0.15, -0.1) is 6.58 Å². The van der Waals surface area contributed by atoms with Crippen LogP contribution >= 0.6 is 0 Å². The summed E-state index contributed by atoms with van der Waals surface area (Å²) in [6.45, 7) is 8.04. The molecular weight excluding hydrogens is 324 g/mol. The Hall–Kier alpha value is -0.500. The first-order chi connectivity index (χ1) is 11.9. The van der Waals surface area contributed by atoms with E-state index in [-0.39, 0.29) is 24.4 Å². The summed E-state index contributed by atoms with van der Waals surface area (Å²) in [7, 11) is 0. The monoisotopic (exact) mass is 354 g/mol. The van der Waals surface area contributed by atoms with Gasteiger partial charge in [-0.1, -0.05) is 12.5 Å². The van der Waals surface area contributed by atoms with E-state index in [1.54, 1.807) is 6.08 Å². The van der Waals surface area contributed by atoms with Crippen LogP contribution < -0.4 is 0 Å². The van der Waals surface area contributed by atoms with Gasteiger partial charge in [0.1, 0.15) is 30.5 Å². The molecule has 3 heterocycles. The molecule has 0 amide bonds. The maximum atomic E-state index is 10.8. The van der Waals surface area contributed by atoms with Crippen LogP contribution in [-0.2, 0) is 23.7 Å². The van der Waals surface area contributed by atoms with Crippen molar-refractivity contribution >= 4 is 0 Å². The van der Waals surface area contributed by atoms with E-state index in [1.807, 2.05) is 13.8 Å². The number of hydrogen-bond donors (Lipinski definition) is 1. The third-order valence-corrected chi connectivity index (χ3v) is 5.81. The minimum absolute atomic E-state index is 0.232. The van der Waals surface area contributed by atoms with E-state index in [1.165, 1.54) is 6.42 Å². The third-order valence-electron chi connectivity index (χ3n) is 5.81. The summed E-state index contributed by atoms with van der Waals surface area (Å²) < 4.78 is 30.8. The molecule has 4 fully saturated rings. The van der Waals surface area contributed by atoms with Crippen molar-refractivity contribution in [3.8, 4) is 0 Å². The van der Waals surface area contributed by atoms with Crippen molar-refractivity contribution < 1.29 is 28.8 Å². The van der Waals surface area contributed by atoms with Crippen molar-refractivity contribution in [3.63, 3.8) is 0 Å². The first-order valence-electron chi connectivity index (χ1n) is 9.55. The van der Waals surface area contributed by atoms with Gasteiger partial charge in [0, 0.05) is 12.8 Å². The van der Waals surface area contributed by atoms with Crippen LogP contribution in [-0.4, -0.2) is 59.9 Å². The average molecular weight is 354 g/mol. The number of ether oxygens (including phenoxy) is 5. The van der Waals surface area contributed by atoms with Crippen molar-refractivity contribution in [2.45, 2.75) is 101 Å². The lowest BCUT2D eigenvalue weighted by molar-refractivity contribution is -0.227. The summed E-state index contributed by atoms with van der Waals surface area (Å²) in [5, 5.41) is 10.8. The van der Waals surface area contributed by atoms with Crippen LogP contribution in [0.25, 0.3) is 0 Å². The fourth-order valence-electron chi connectivity index (χ4n) is 4.61. The SMILES string of the molecule is C=CC[C@@H]1O[C@@H]([C@H]2COC(C)(C)O2)C2OC3(CCCCC3)OC2C1O. The lowest BCUT2D eigenvalue weighted by Gasteiger charge is -2.41. The molecule has 1 spiro atoms. The number of aliphatic hydroxyl groups is 1. The molecule has 1 saturated carbocycles. The highest BCUT2D eigenvalue weighted by Crippen LogP contribution is 2.46. The molecule has 4 aliphatic rings. The largest absolute Gasteiger partial charge is 0.388 e. The summed E-state index contributed by atoms with van der Waals surface area (Å²) in [5.41, 5.74) is 0. The second kappa shape index (κ2) is 6.59. The molecule has 0 aromatic carbocycles. The number of fused-ring (bicyclic) bond motifs is 1. The summed E-state index contributed by atoms with van der Waals surface area (Å²) in [4.78, 5) is 0. The lowest BCUT2D eigenvalue weighted by Crippen LogP contribution is -2.59. The molecule has 0 bridgehead atoms. The second-order valence-corrected chi connectivity index (χ2v) is 8.16. The molecule has 0 aromatic rings. The van der Waals surface area contributed by atoms with Crippen LogP contribution in [0.3, 0.4) is 0 Å². The van der Waals surface area contributed by atoms with Crippen molar-refractivity contribution in [1.82, 2.24) is 0 Å². The molecule has 25 heavy (non-hydrogen) atoms. The highest BCUT2D eigenvalue weighted by Gasteiger charge is 2.60. The Bertz CT molecular complexity index is 500. The summed E-state index contributed by atoms with van der Waals surface area (Å²) in [6.07, 6.45) is 5.10. The van der Waals surface area contributed by atoms with Crippen molar-refractivity contribution in [1.29, 1.82) is 0 Å². The maximum absolute atomic E-state index is 10.8. The second-order valence-electron chi connectivity index (χ2n) is 8.16. The van der Waals surface area contributed by atoms with Crippen molar-refractivity contribution in [3.05, 3.63) is 12.7 Å². The molecule has 3 aliphatic heterocycles. The molecule has 6 atom stereocenters. The van der Waals surface area contributed by atoms with Gasteiger partial charge in [0.25, 0.3) is 0 Å². The fourth-order valence-corrected chi connectivity index (χ4v) is 4.61. The standard InChI is InChI=1S/C19H30O6/c1-4-8-12-14(20)16-17(25-19(24-16)9-6-5-7-10-19)15(22-12)13-11-21-18(2,3)23-13/h4,12-17,20H,1,5-11H2,2-3H3/t12-,13+,14?,15-,16?,17?/m0/s1. The lowest BCUT2D eigenvalue weighted by atomic mass is 9.91. The van der Waals surface area contributed by atoms with Gasteiger partial charge in [0.2, 0.25) is 0 Å². The zero-order chi connectivity index (χ0) is 17.7. The molecule has 6 nitrogen and oxygen atoms in total. The Kier molecular flexibility index (Phi) is 4.71. The molecule has 0 radical (unpaired) electrons. The van der Waals surface area contributed by atoms with Crippen LogP contribution in [0.5, 0.6) is 0 Å². The Morgan fingerprint density at radius 1 is 1.04 bits per heavy atom. The van der Waals surface area contributed by atoms with Crippen LogP contribution in [0.2, 0.25) is 0 Å². The molecule has 3 unspecified atom stereocenters. The molecule has 0 aromatic heterocycles. The Labute approximate surface area is 149 Å². The van der Waals surface area contributed by atoms with Gasteiger partial charge in [0.15, 0.2) is 11.6 Å². The zero-order valence-electron chi connectivity index (χ0n) is 15.2. The third kappa shape index (κ3) is 3.29. The highest BCUT2D eigenvalue weighted by atomic mass is 16.8. The van der Waals surface area contributed by atoms with Crippen molar-refractivity contribution in [2.75, 3.05) is 6.61 Å². The number of rotatable bonds is 3. The minimum Gasteiger partial charge on any atom is -0.388 e. The predicted octanol–water partition coefficient (Wildman–Crippen LogP) is 2.29. The first kappa shape index (κ1) is 17.9. The molecule has 1 aliphatic carbocycles. The van der Waals surface area contributed by atoms with E-state index in [0.29, 0.717) is 13.0 Å². The van der Waals surface area contributed by atoms with Gasteiger partial charge < -0.3 is 28.8 Å². The average Bonchev–Trinajstić information content (AvgIpc) is 3.12. The Morgan fingerprint density at radius 2 is 1.76 bits per heavy atom. The zero-order valence-corrected chi connectivity index (χ0v) is 15.2. The molecule has 142 valence electrons. The Balaban J connectivity index is 1.58. The molecular formula is C19H30O6. The number of hydrogen-bond acceptors (Lipinski definition) is 6. The van der Waals surface area contributed by atoms with E-state index >= 15 is 0 Å². The molecule has 1 N–H and O–H groups in total. The molecule has 3 saturated heterocycles. The van der Waals surface area contributed by atoms with Gasteiger partial charge in [-0.3, -0.25) is 0 Å². The van der Waals surface area contributed by atoms with Gasteiger partial charge in [-0.25, -0.2) is 0 Å². The smallest absolute Gasteiger partial charge is 0.169 e. The summed E-state index contributed by atoms with van der Waals surface area (Å²) >= 11 is 0. The summed E-state index contributed by atoms with van der Waals surface area (Å²) in [6, 6.07) is 0. The van der Waals surface area contributed by atoms with Crippen LogP contribution in [0.4, 0.5) is 0 Å². The Morgan fingerprint density at radius 3 is 2.40 bits per heavy atom. The van der Waals surface area contributed by atoms with E-state index in [9.17, 15) is 5.11 Å². The van der Waals surface area contributed by atoms with Crippen molar-refractivity contribution in [2.24, 2.45) is 0 Å². The normalized spacial score (nSPS) is 45.4. The van der Waals surface area contributed by atoms with Crippen LogP contribution in [0.1, 0.15) is 52.4 Å². The van der Waals surface area contributed by atoms with E-state index in [0.717, 1.165) is 25.7 Å². The topological polar surface area (TPSA) is 66.4 Å². The molecule has 6 heteroatoms. The van der Waals surface area contributed by atoms with E-state index < -0.39 is 23.8 Å². The summed E-state index contributed by atoms with van der Waals surface area (Å²) in [5.74, 6) is -1.20. The quantitative estimate of drug-likeness (QED) is 0.785. The van der Waals surface area contributed by atoms with Crippen LogP contribution in [0, 0.1) is 0 Å². The maximum Gasteiger partial charge on any atom is 0.169 e. The highest BCUT2D eigenvalue weighted by molar-refractivity contribution is 5.04. The van der Waals surface area contributed by atoms with Gasteiger partial charge >= 0.3 is 0 Å². The van der Waals surface area contributed by atoms with Gasteiger partial charge in [-0.05, 0) is 33.1 Å². The molecule has 4 rings (SSSR count). The first-order valence-corrected chi connectivity index (χ1v) is 9.55. The van der Waals surface area contributed by atoms with Gasteiger partial charge in [-0.2, -0.15) is 0 Å².